The van der Waals surface area contributed by atoms with Gasteiger partial charge in [0.1, 0.15) is 0 Å². The Bertz CT molecular complexity index is 392. The maximum atomic E-state index is 3.50. The first-order valence-electron chi connectivity index (χ1n) is 6.20. The summed E-state index contributed by atoms with van der Waals surface area (Å²) in [6.07, 6.45) is 1.34. The van der Waals surface area contributed by atoms with Gasteiger partial charge in [0.05, 0.1) is 0 Å². The largest absolute Gasteiger partial charge is 0.313 e. The average molecular weight is 217 g/mol. The highest BCUT2D eigenvalue weighted by atomic mass is 14.9. The van der Waals surface area contributed by atoms with Crippen LogP contribution in [0.2, 0.25) is 0 Å². The van der Waals surface area contributed by atoms with Gasteiger partial charge in [-0.2, -0.15) is 0 Å². The van der Waals surface area contributed by atoms with Crippen LogP contribution in [-0.4, -0.2) is 7.05 Å². The van der Waals surface area contributed by atoms with Gasteiger partial charge in [0.25, 0.3) is 0 Å². The smallest absolute Gasteiger partial charge is 0.0354 e. The van der Waals surface area contributed by atoms with Gasteiger partial charge >= 0.3 is 0 Å². The van der Waals surface area contributed by atoms with E-state index >= 15 is 0 Å². The molecule has 16 heavy (non-hydrogen) atoms. The number of benzene rings is 1. The molecule has 0 spiro atoms. The average Bonchev–Trinajstić information content (AvgIpc) is 2.82. The molecule has 1 aromatic rings. The van der Waals surface area contributed by atoms with Crippen LogP contribution in [-0.2, 0) is 0 Å². The molecule has 2 rings (SSSR count). The molecule has 1 heteroatoms. The maximum Gasteiger partial charge on any atom is 0.0354 e. The Labute approximate surface area is 99.3 Å². The molecule has 0 aliphatic heterocycles. The van der Waals surface area contributed by atoms with Gasteiger partial charge in [0.2, 0.25) is 0 Å². The second kappa shape index (κ2) is 3.89. The highest BCUT2D eigenvalue weighted by Crippen LogP contribution is 2.57. The van der Waals surface area contributed by atoms with E-state index in [4.69, 9.17) is 0 Å². The van der Waals surface area contributed by atoms with Crippen molar-refractivity contribution in [3.05, 3.63) is 34.9 Å². The van der Waals surface area contributed by atoms with Gasteiger partial charge in [0.15, 0.2) is 0 Å². The van der Waals surface area contributed by atoms with Crippen LogP contribution in [0.1, 0.15) is 43.0 Å². The fourth-order valence-electron chi connectivity index (χ4n) is 2.75. The summed E-state index contributed by atoms with van der Waals surface area (Å²) in [6.45, 7) is 9.13. The molecule has 1 fully saturated rings. The maximum absolute atomic E-state index is 3.50. The van der Waals surface area contributed by atoms with E-state index in [-0.39, 0.29) is 0 Å². The minimum absolute atomic E-state index is 0.518. The summed E-state index contributed by atoms with van der Waals surface area (Å²) in [7, 11) is 2.08. The van der Waals surface area contributed by atoms with Gasteiger partial charge in [-0.25, -0.2) is 0 Å². The summed E-state index contributed by atoms with van der Waals surface area (Å²) in [5.41, 5.74) is 4.77. The van der Waals surface area contributed by atoms with Crippen LogP contribution in [0.15, 0.2) is 18.2 Å². The van der Waals surface area contributed by atoms with Crippen molar-refractivity contribution in [2.75, 3.05) is 7.05 Å². The van der Waals surface area contributed by atoms with Gasteiger partial charge < -0.3 is 5.32 Å². The van der Waals surface area contributed by atoms with Crippen molar-refractivity contribution < 1.29 is 0 Å². The number of aryl methyl sites for hydroxylation is 2. The molecule has 1 aliphatic carbocycles. The van der Waals surface area contributed by atoms with Gasteiger partial charge in [0, 0.05) is 6.04 Å². The summed E-state index contributed by atoms with van der Waals surface area (Å²) >= 11 is 0. The first-order valence-corrected chi connectivity index (χ1v) is 6.20. The lowest BCUT2D eigenvalue weighted by molar-refractivity contribution is 0.439. The first-order chi connectivity index (χ1) is 7.45. The molecule has 1 nitrogen and oxygen atoms in total. The van der Waals surface area contributed by atoms with E-state index in [9.17, 15) is 0 Å². The molecule has 1 saturated carbocycles. The normalized spacial score (nSPS) is 24.2. The van der Waals surface area contributed by atoms with Crippen molar-refractivity contribution in [1.29, 1.82) is 0 Å². The Hall–Kier alpha value is -0.820. The van der Waals surface area contributed by atoms with Crippen molar-refractivity contribution in [3.63, 3.8) is 0 Å². The fraction of sp³-hybridized carbons (Fsp3) is 0.600. The fourth-order valence-corrected chi connectivity index (χ4v) is 2.75. The lowest BCUT2D eigenvalue weighted by Crippen LogP contribution is -2.21. The molecule has 0 aromatic heterocycles. The Morgan fingerprint density at radius 2 is 1.94 bits per heavy atom. The van der Waals surface area contributed by atoms with E-state index in [1.54, 1.807) is 0 Å². The highest BCUT2D eigenvalue weighted by molar-refractivity contribution is 5.34. The molecule has 0 amide bonds. The summed E-state index contributed by atoms with van der Waals surface area (Å²) < 4.78 is 0. The Morgan fingerprint density at radius 1 is 1.31 bits per heavy atom. The van der Waals surface area contributed by atoms with E-state index in [2.05, 4.69) is 58.3 Å². The third kappa shape index (κ3) is 2.01. The quantitative estimate of drug-likeness (QED) is 0.815. The van der Waals surface area contributed by atoms with E-state index in [0.717, 1.165) is 5.92 Å². The molecule has 0 heterocycles. The summed E-state index contributed by atoms with van der Waals surface area (Å²) in [5, 5.41) is 3.50. The predicted octanol–water partition coefficient (Wildman–Crippen LogP) is 3.61. The molecule has 2 unspecified atom stereocenters. The van der Waals surface area contributed by atoms with Crippen molar-refractivity contribution in [3.8, 4) is 0 Å². The lowest BCUT2D eigenvalue weighted by Gasteiger charge is -2.21. The van der Waals surface area contributed by atoms with Gasteiger partial charge in [-0.15, -0.1) is 0 Å². The van der Waals surface area contributed by atoms with E-state index in [1.807, 2.05) is 0 Å². The molecule has 2 atom stereocenters. The Morgan fingerprint density at radius 3 is 2.44 bits per heavy atom. The topological polar surface area (TPSA) is 12.0 Å². The SMILES string of the molecule is CNC(c1cc(C)ccc1C)C1CC1(C)C. The lowest BCUT2D eigenvalue weighted by atomic mass is 9.93. The number of nitrogens with one attached hydrogen (secondary N) is 1. The van der Waals surface area contributed by atoms with Gasteiger partial charge in [-0.1, -0.05) is 37.6 Å². The molecule has 0 saturated heterocycles. The molecule has 1 aliphatic rings. The van der Waals surface area contributed by atoms with Crippen molar-refractivity contribution in [2.45, 2.75) is 40.2 Å². The van der Waals surface area contributed by atoms with Crippen LogP contribution in [0.25, 0.3) is 0 Å². The van der Waals surface area contributed by atoms with Crippen molar-refractivity contribution in [2.24, 2.45) is 11.3 Å². The molecular formula is C15H23N. The summed E-state index contributed by atoms with van der Waals surface area (Å²) in [6, 6.07) is 7.30. The number of hydrogen-bond acceptors (Lipinski definition) is 1. The van der Waals surface area contributed by atoms with Gasteiger partial charge in [-0.3, -0.25) is 0 Å². The number of hydrogen-bond donors (Lipinski definition) is 1. The molecule has 88 valence electrons. The zero-order chi connectivity index (χ0) is 11.9. The van der Waals surface area contributed by atoms with Gasteiger partial charge in [-0.05, 0) is 49.8 Å². The second-order valence-electron chi connectivity index (χ2n) is 5.93. The number of rotatable bonds is 3. The van der Waals surface area contributed by atoms with Crippen LogP contribution in [0.3, 0.4) is 0 Å². The minimum Gasteiger partial charge on any atom is -0.313 e. The van der Waals surface area contributed by atoms with E-state index < -0.39 is 0 Å². The molecule has 0 radical (unpaired) electrons. The first kappa shape index (κ1) is 11.7. The predicted molar refractivity (Wildman–Crippen MR) is 69.6 cm³/mol. The summed E-state index contributed by atoms with van der Waals surface area (Å²) in [5.74, 6) is 0.790. The summed E-state index contributed by atoms with van der Waals surface area (Å²) in [4.78, 5) is 0. The molecule has 0 bridgehead atoms. The van der Waals surface area contributed by atoms with Crippen LogP contribution >= 0.6 is 0 Å². The van der Waals surface area contributed by atoms with Crippen molar-refractivity contribution in [1.82, 2.24) is 5.32 Å². The zero-order valence-corrected chi connectivity index (χ0v) is 11.1. The van der Waals surface area contributed by atoms with Crippen LogP contribution in [0, 0.1) is 25.2 Å². The van der Waals surface area contributed by atoms with Crippen molar-refractivity contribution >= 4 is 0 Å². The van der Waals surface area contributed by atoms with E-state index in [1.165, 1.54) is 23.1 Å². The highest BCUT2D eigenvalue weighted by Gasteiger charge is 2.50. The third-order valence-corrected chi connectivity index (χ3v) is 4.07. The third-order valence-electron chi connectivity index (χ3n) is 4.07. The standard InChI is InChI=1S/C15H23N/c1-10-6-7-11(2)12(8-10)14(16-5)13-9-15(13,3)4/h6-8,13-14,16H,9H2,1-5H3. The van der Waals surface area contributed by atoms with Crippen LogP contribution < -0.4 is 5.32 Å². The minimum atomic E-state index is 0.518. The molecular weight excluding hydrogens is 194 g/mol. The monoisotopic (exact) mass is 217 g/mol. The zero-order valence-electron chi connectivity index (χ0n) is 11.1. The van der Waals surface area contributed by atoms with Crippen LogP contribution in [0.5, 0.6) is 0 Å². The molecule has 1 aromatic carbocycles. The molecule has 1 N–H and O–H groups in total. The van der Waals surface area contributed by atoms with E-state index in [0.29, 0.717) is 11.5 Å². The second-order valence-corrected chi connectivity index (χ2v) is 5.93. The Balaban J connectivity index is 2.30. The van der Waals surface area contributed by atoms with Crippen LogP contribution in [0.4, 0.5) is 0 Å². The Kier molecular flexibility index (Phi) is 2.83.